The van der Waals surface area contributed by atoms with E-state index in [9.17, 15) is 0 Å². The fraction of sp³-hybridized carbons (Fsp3) is 1.00. The van der Waals surface area contributed by atoms with E-state index in [2.05, 4.69) is 41.5 Å². The molecule has 0 radical (unpaired) electrons. The van der Waals surface area contributed by atoms with Gasteiger partial charge in [0, 0.05) is 0 Å². The van der Waals surface area contributed by atoms with Crippen molar-refractivity contribution in [1.82, 2.24) is 0 Å². The standard InChI is InChI=1S/C14H30/c1-7-8-9-10-14(5,6)13(4)11-12(2)3/h12-13H,7-11H2,1-6H3. The molecule has 0 saturated carbocycles. The molecule has 0 aromatic carbocycles. The molecule has 0 aliphatic heterocycles. The van der Waals surface area contributed by atoms with Gasteiger partial charge in [0.15, 0.2) is 0 Å². The molecule has 0 spiro atoms. The Bertz CT molecular complexity index is 133. The molecule has 0 heteroatoms. The third-order valence-corrected chi connectivity index (χ3v) is 3.58. The minimum absolute atomic E-state index is 0.541. The Hall–Kier alpha value is 0. The van der Waals surface area contributed by atoms with Gasteiger partial charge in [0.05, 0.1) is 0 Å². The van der Waals surface area contributed by atoms with E-state index < -0.39 is 0 Å². The van der Waals surface area contributed by atoms with Gasteiger partial charge in [0.1, 0.15) is 0 Å². The number of hydrogen-bond donors (Lipinski definition) is 0. The van der Waals surface area contributed by atoms with Gasteiger partial charge >= 0.3 is 0 Å². The predicted octanol–water partition coefficient (Wildman–Crippen LogP) is 5.28. The normalized spacial score (nSPS) is 14.8. The third kappa shape index (κ3) is 5.67. The molecule has 86 valence electrons. The highest BCUT2D eigenvalue weighted by atomic mass is 14.3. The van der Waals surface area contributed by atoms with Gasteiger partial charge in [-0.1, -0.05) is 60.8 Å². The van der Waals surface area contributed by atoms with E-state index in [4.69, 9.17) is 0 Å². The molecule has 0 bridgehead atoms. The molecule has 0 N–H and O–H groups in total. The van der Waals surface area contributed by atoms with Crippen molar-refractivity contribution in [1.29, 1.82) is 0 Å². The Morgan fingerprint density at radius 1 is 1.00 bits per heavy atom. The minimum atomic E-state index is 0.541. The lowest BCUT2D eigenvalue weighted by atomic mass is 9.73. The Balaban J connectivity index is 3.89. The van der Waals surface area contributed by atoms with Crippen molar-refractivity contribution in [3.63, 3.8) is 0 Å². The molecular weight excluding hydrogens is 168 g/mol. The van der Waals surface area contributed by atoms with Crippen molar-refractivity contribution in [3.05, 3.63) is 0 Å². The molecule has 0 aromatic heterocycles. The summed E-state index contributed by atoms with van der Waals surface area (Å²) < 4.78 is 0. The summed E-state index contributed by atoms with van der Waals surface area (Å²) in [6, 6.07) is 0. The lowest BCUT2D eigenvalue weighted by Crippen LogP contribution is -2.23. The summed E-state index contributed by atoms with van der Waals surface area (Å²) in [6.45, 7) is 14.2. The Morgan fingerprint density at radius 3 is 2.00 bits per heavy atom. The summed E-state index contributed by atoms with van der Waals surface area (Å²) in [5.41, 5.74) is 0.541. The lowest BCUT2D eigenvalue weighted by Gasteiger charge is -2.33. The van der Waals surface area contributed by atoms with E-state index in [0.29, 0.717) is 5.41 Å². The number of rotatable bonds is 7. The third-order valence-electron chi connectivity index (χ3n) is 3.58. The minimum Gasteiger partial charge on any atom is -0.0654 e. The van der Waals surface area contributed by atoms with Crippen LogP contribution in [0.15, 0.2) is 0 Å². The second-order valence-corrected chi connectivity index (χ2v) is 5.98. The zero-order valence-corrected chi connectivity index (χ0v) is 11.2. The van der Waals surface area contributed by atoms with E-state index in [-0.39, 0.29) is 0 Å². The van der Waals surface area contributed by atoms with Crippen molar-refractivity contribution < 1.29 is 0 Å². The average molecular weight is 198 g/mol. The monoisotopic (exact) mass is 198 g/mol. The zero-order chi connectivity index (χ0) is 11.2. The molecule has 0 aliphatic carbocycles. The Labute approximate surface area is 91.5 Å². The Kier molecular flexibility index (Phi) is 6.48. The molecule has 1 atom stereocenters. The van der Waals surface area contributed by atoms with Crippen molar-refractivity contribution in [2.75, 3.05) is 0 Å². The molecule has 1 unspecified atom stereocenters. The highest BCUT2D eigenvalue weighted by Gasteiger charge is 2.25. The summed E-state index contributed by atoms with van der Waals surface area (Å²) in [7, 11) is 0. The first-order valence-electron chi connectivity index (χ1n) is 6.40. The summed E-state index contributed by atoms with van der Waals surface area (Å²) in [6.07, 6.45) is 6.92. The molecule has 0 aromatic rings. The van der Waals surface area contributed by atoms with Gasteiger partial charge in [-0.05, 0) is 30.1 Å². The van der Waals surface area contributed by atoms with Gasteiger partial charge in [0.25, 0.3) is 0 Å². The fourth-order valence-electron chi connectivity index (χ4n) is 2.10. The van der Waals surface area contributed by atoms with Gasteiger partial charge in [-0.3, -0.25) is 0 Å². The van der Waals surface area contributed by atoms with Crippen LogP contribution in [0, 0.1) is 17.3 Å². The molecule has 14 heavy (non-hydrogen) atoms. The first-order valence-corrected chi connectivity index (χ1v) is 6.40. The van der Waals surface area contributed by atoms with E-state index in [0.717, 1.165) is 11.8 Å². The predicted molar refractivity (Wildman–Crippen MR) is 66.5 cm³/mol. The van der Waals surface area contributed by atoms with Crippen LogP contribution < -0.4 is 0 Å². The van der Waals surface area contributed by atoms with Gasteiger partial charge in [-0.25, -0.2) is 0 Å². The van der Waals surface area contributed by atoms with E-state index in [1.807, 2.05) is 0 Å². The van der Waals surface area contributed by atoms with Crippen molar-refractivity contribution in [2.24, 2.45) is 17.3 Å². The SMILES string of the molecule is CCCCCC(C)(C)C(C)CC(C)C. The van der Waals surface area contributed by atoms with Crippen LogP contribution in [-0.4, -0.2) is 0 Å². The molecular formula is C14H30. The van der Waals surface area contributed by atoms with Crippen molar-refractivity contribution >= 4 is 0 Å². The maximum absolute atomic E-state index is 2.44. The first-order chi connectivity index (χ1) is 6.40. The largest absolute Gasteiger partial charge is 0.0654 e. The summed E-state index contributed by atoms with van der Waals surface area (Å²) in [5, 5.41) is 0. The number of hydrogen-bond acceptors (Lipinski definition) is 0. The van der Waals surface area contributed by atoms with Crippen LogP contribution in [0.3, 0.4) is 0 Å². The maximum atomic E-state index is 2.44. The highest BCUT2D eigenvalue weighted by molar-refractivity contribution is 4.76. The van der Waals surface area contributed by atoms with Crippen LogP contribution >= 0.6 is 0 Å². The lowest BCUT2D eigenvalue weighted by molar-refractivity contribution is 0.178. The average Bonchev–Trinajstić information content (AvgIpc) is 2.03. The van der Waals surface area contributed by atoms with Crippen LogP contribution in [0.25, 0.3) is 0 Å². The van der Waals surface area contributed by atoms with E-state index >= 15 is 0 Å². The molecule has 0 nitrogen and oxygen atoms in total. The fourth-order valence-corrected chi connectivity index (χ4v) is 2.10. The van der Waals surface area contributed by atoms with Crippen LogP contribution in [-0.2, 0) is 0 Å². The molecule has 0 saturated heterocycles. The topological polar surface area (TPSA) is 0 Å². The van der Waals surface area contributed by atoms with Crippen molar-refractivity contribution in [2.45, 2.75) is 73.6 Å². The molecule has 0 amide bonds. The van der Waals surface area contributed by atoms with Gasteiger partial charge in [0.2, 0.25) is 0 Å². The van der Waals surface area contributed by atoms with Crippen LogP contribution in [0.4, 0.5) is 0 Å². The first kappa shape index (κ1) is 14.0. The van der Waals surface area contributed by atoms with Crippen LogP contribution in [0.5, 0.6) is 0 Å². The smallest absolute Gasteiger partial charge is 0.0328 e. The summed E-state index contributed by atoms with van der Waals surface area (Å²) in [5.74, 6) is 1.70. The Morgan fingerprint density at radius 2 is 1.57 bits per heavy atom. The van der Waals surface area contributed by atoms with E-state index in [1.165, 1.54) is 32.1 Å². The van der Waals surface area contributed by atoms with Crippen molar-refractivity contribution in [3.8, 4) is 0 Å². The maximum Gasteiger partial charge on any atom is -0.0328 e. The molecule has 0 aliphatic rings. The molecule has 0 fully saturated rings. The molecule has 0 heterocycles. The van der Waals surface area contributed by atoms with Gasteiger partial charge in [-0.15, -0.1) is 0 Å². The van der Waals surface area contributed by atoms with Crippen LogP contribution in [0.1, 0.15) is 73.6 Å². The van der Waals surface area contributed by atoms with Gasteiger partial charge < -0.3 is 0 Å². The second kappa shape index (κ2) is 6.48. The second-order valence-electron chi connectivity index (χ2n) is 5.98. The summed E-state index contributed by atoms with van der Waals surface area (Å²) in [4.78, 5) is 0. The highest BCUT2D eigenvalue weighted by Crippen LogP contribution is 2.36. The quantitative estimate of drug-likeness (QED) is 0.488. The van der Waals surface area contributed by atoms with Gasteiger partial charge in [-0.2, -0.15) is 0 Å². The van der Waals surface area contributed by atoms with E-state index in [1.54, 1.807) is 0 Å². The number of unbranched alkanes of at least 4 members (excludes halogenated alkanes) is 2. The zero-order valence-electron chi connectivity index (χ0n) is 11.2. The molecule has 0 rings (SSSR count). The van der Waals surface area contributed by atoms with Crippen LogP contribution in [0.2, 0.25) is 0 Å². The summed E-state index contributed by atoms with van der Waals surface area (Å²) >= 11 is 0.